The second-order valence-electron chi connectivity index (χ2n) is 1.81. The SMILES string of the molecule is CCC.CNCC(=O)OC. The van der Waals surface area contributed by atoms with E-state index in [1.54, 1.807) is 7.05 Å². The zero-order valence-corrected chi connectivity index (χ0v) is 7.23. The maximum atomic E-state index is 10.1. The molecule has 0 rings (SSSR count). The first-order valence-corrected chi connectivity index (χ1v) is 3.44. The van der Waals surface area contributed by atoms with E-state index in [9.17, 15) is 4.79 Å². The standard InChI is InChI=1S/C4H9NO2.C3H8/c1-5-3-4(6)7-2;1-3-2/h5H,3H2,1-2H3;3H2,1-2H3. The van der Waals surface area contributed by atoms with Crippen LogP contribution in [0.15, 0.2) is 0 Å². The highest BCUT2D eigenvalue weighted by Gasteiger charge is 1.91. The number of carbonyl (C=O) groups excluding carboxylic acids is 1. The Labute approximate surface area is 62.8 Å². The monoisotopic (exact) mass is 147 g/mol. The zero-order valence-electron chi connectivity index (χ0n) is 7.23. The van der Waals surface area contributed by atoms with Gasteiger partial charge in [-0.15, -0.1) is 0 Å². The van der Waals surface area contributed by atoms with Crippen molar-refractivity contribution in [3.05, 3.63) is 0 Å². The van der Waals surface area contributed by atoms with Gasteiger partial charge in [0.25, 0.3) is 0 Å². The Hall–Kier alpha value is -0.570. The highest BCUT2D eigenvalue weighted by Crippen LogP contribution is 1.64. The van der Waals surface area contributed by atoms with Gasteiger partial charge < -0.3 is 10.1 Å². The van der Waals surface area contributed by atoms with E-state index in [1.165, 1.54) is 13.5 Å². The van der Waals surface area contributed by atoms with Gasteiger partial charge in [0.05, 0.1) is 13.7 Å². The van der Waals surface area contributed by atoms with Crippen molar-refractivity contribution in [3.8, 4) is 0 Å². The van der Waals surface area contributed by atoms with Crippen LogP contribution in [-0.2, 0) is 9.53 Å². The van der Waals surface area contributed by atoms with E-state index in [1.807, 2.05) is 0 Å². The first-order chi connectivity index (χ1) is 4.72. The predicted molar refractivity (Wildman–Crippen MR) is 41.9 cm³/mol. The van der Waals surface area contributed by atoms with Crippen molar-refractivity contribution in [1.29, 1.82) is 0 Å². The molecule has 3 nitrogen and oxygen atoms in total. The predicted octanol–water partition coefficient (Wildman–Crippen LogP) is 0.795. The minimum Gasteiger partial charge on any atom is -0.468 e. The van der Waals surface area contributed by atoms with Crippen molar-refractivity contribution in [3.63, 3.8) is 0 Å². The smallest absolute Gasteiger partial charge is 0.319 e. The minimum atomic E-state index is -0.234. The summed E-state index contributed by atoms with van der Waals surface area (Å²) in [6.07, 6.45) is 1.25. The number of esters is 1. The molecule has 0 aliphatic rings. The van der Waals surface area contributed by atoms with Crippen molar-refractivity contribution in [1.82, 2.24) is 5.32 Å². The van der Waals surface area contributed by atoms with Crippen LogP contribution >= 0.6 is 0 Å². The number of likely N-dealkylation sites (N-methyl/N-ethyl adjacent to an activating group) is 1. The maximum Gasteiger partial charge on any atom is 0.319 e. The summed E-state index contributed by atoms with van der Waals surface area (Å²) in [5.41, 5.74) is 0. The fourth-order valence-electron chi connectivity index (χ4n) is 0.217. The van der Waals surface area contributed by atoms with Crippen LogP contribution in [-0.4, -0.2) is 26.7 Å². The van der Waals surface area contributed by atoms with Crippen LogP contribution in [0.2, 0.25) is 0 Å². The molecule has 0 fully saturated rings. The van der Waals surface area contributed by atoms with Crippen LogP contribution < -0.4 is 5.32 Å². The summed E-state index contributed by atoms with van der Waals surface area (Å²) in [5, 5.41) is 2.64. The third kappa shape index (κ3) is 15.7. The molecular weight excluding hydrogens is 130 g/mol. The summed E-state index contributed by atoms with van der Waals surface area (Å²) in [5.74, 6) is -0.234. The molecule has 0 bridgehead atoms. The van der Waals surface area contributed by atoms with Gasteiger partial charge in [0, 0.05) is 0 Å². The van der Waals surface area contributed by atoms with Gasteiger partial charge in [-0.25, -0.2) is 0 Å². The molecule has 0 aromatic carbocycles. The van der Waals surface area contributed by atoms with Crippen LogP contribution in [0.3, 0.4) is 0 Å². The van der Waals surface area contributed by atoms with E-state index in [0.29, 0.717) is 0 Å². The molecule has 0 aromatic rings. The molecular formula is C7H17NO2. The molecule has 0 saturated heterocycles. The molecule has 0 unspecified atom stereocenters. The highest BCUT2D eigenvalue weighted by molar-refractivity contribution is 5.71. The summed E-state index contributed by atoms with van der Waals surface area (Å²) < 4.78 is 4.29. The Morgan fingerprint density at radius 2 is 1.90 bits per heavy atom. The molecule has 0 aromatic heterocycles. The summed E-state index contributed by atoms with van der Waals surface area (Å²) in [6.45, 7) is 4.54. The first-order valence-electron chi connectivity index (χ1n) is 3.44. The lowest BCUT2D eigenvalue weighted by molar-refractivity contribution is -0.139. The van der Waals surface area contributed by atoms with Gasteiger partial charge in [-0.1, -0.05) is 20.3 Å². The van der Waals surface area contributed by atoms with Gasteiger partial charge in [0.2, 0.25) is 0 Å². The average Bonchev–Trinajstić information content (AvgIpc) is 1.90. The molecule has 0 aliphatic carbocycles. The lowest BCUT2D eigenvalue weighted by Crippen LogP contribution is -2.19. The topological polar surface area (TPSA) is 38.3 Å². The zero-order chi connectivity index (χ0) is 8.41. The number of nitrogens with one attached hydrogen (secondary N) is 1. The van der Waals surface area contributed by atoms with E-state index >= 15 is 0 Å². The van der Waals surface area contributed by atoms with E-state index < -0.39 is 0 Å². The van der Waals surface area contributed by atoms with Gasteiger partial charge in [0.15, 0.2) is 0 Å². The van der Waals surface area contributed by atoms with E-state index in [-0.39, 0.29) is 12.5 Å². The summed E-state index contributed by atoms with van der Waals surface area (Å²) >= 11 is 0. The van der Waals surface area contributed by atoms with Gasteiger partial charge in [-0.3, -0.25) is 4.79 Å². The third-order valence-corrected chi connectivity index (χ3v) is 0.549. The molecule has 1 N–H and O–H groups in total. The second kappa shape index (κ2) is 11.3. The Kier molecular flexibility index (Phi) is 13.7. The molecule has 3 heteroatoms. The van der Waals surface area contributed by atoms with E-state index in [4.69, 9.17) is 0 Å². The number of ether oxygens (including phenoxy) is 1. The third-order valence-electron chi connectivity index (χ3n) is 0.549. The van der Waals surface area contributed by atoms with Gasteiger partial charge in [0.1, 0.15) is 0 Å². The molecule has 0 spiro atoms. The number of hydrogen-bond donors (Lipinski definition) is 1. The maximum absolute atomic E-state index is 10.1. The largest absolute Gasteiger partial charge is 0.468 e. The summed E-state index contributed by atoms with van der Waals surface area (Å²) in [7, 11) is 3.05. The van der Waals surface area contributed by atoms with E-state index in [2.05, 4.69) is 23.9 Å². The van der Waals surface area contributed by atoms with Crippen molar-refractivity contribution >= 4 is 5.97 Å². The molecule has 0 atom stereocenters. The highest BCUT2D eigenvalue weighted by atomic mass is 16.5. The molecule has 0 saturated carbocycles. The van der Waals surface area contributed by atoms with Gasteiger partial charge in [-0.2, -0.15) is 0 Å². The Morgan fingerprint density at radius 3 is 2.00 bits per heavy atom. The molecule has 0 amide bonds. The fraction of sp³-hybridized carbons (Fsp3) is 0.857. The van der Waals surface area contributed by atoms with Gasteiger partial charge in [-0.05, 0) is 7.05 Å². The van der Waals surface area contributed by atoms with Gasteiger partial charge >= 0.3 is 5.97 Å². The average molecular weight is 147 g/mol. The van der Waals surface area contributed by atoms with Crippen molar-refractivity contribution in [2.24, 2.45) is 0 Å². The molecule has 0 heterocycles. The minimum absolute atomic E-state index is 0.234. The quantitative estimate of drug-likeness (QED) is 0.587. The summed E-state index contributed by atoms with van der Waals surface area (Å²) in [4.78, 5) is 10.1. The van der Waals surface area contributed by atoms with Crippen LogP contribution in [0.25, 0.3) is 0 Å². The fourth-order valence-corrected chi connectivity index (χ4v) is 0.217. The molecule has 10 heavy (non-hydrogen) atoms. The lowest BCUT2D eigenvalue weighted by atomic mass is 10.6. The summed E-state index contributed by atoms with van der Waals surface area (Å²) in [6, 6.07) is 0. The lowest BCUT2D eigenvalue weighted by Gasteiger charge is -1.93. The second-order valence-corrected chi connectivity index (χ2v) is 1.81. The normalized spacial score (nSPS) is 7.60. The van der Waals surface area contributed by atoms with Crippen molar-refractivity contribution in [2.75, 3.05) is 20.7 Å². The number of methoxy groups -OCH3 is 1. The number of rotatable bonds is 2. The molecule has 0 aliphatic heterocycles. The molecule has 62 valence electrons. The Balaban J connectivity index is 0. The van der Waals surface area contributed by atoms with Crippen LogP contribution in [0, 0.1) is 0 Å². The van der Waals surface area contributed by atoms with E-state index in [0.717, 1.165) is 0 Å². The number of carbonyl (C=O) groups is 1. The molecule has 0 radical (unpaired) electrons. The Bertz CT molecular complexity index is 74.0. The van der Waals surface area contributed by atoms with Crippen LogP contribution in [0.5, 0.6) is 0 Å². The van der Waals surface area contributed by atoms with Crippen LogP contribution in [0.4, 0.5) is 0 Å². The van der Waals surface area contributed by atoms with Crippen molar-refractivity contribution in [2.45, 2.75) is 20.3 Å². The van der Waals surface area contributed by atoms with Crippen molar-refractivity contribution < 1.29 is 9.53 Å². The number of hydrogen-bond acceptors (Lipinski definition) is 3. The first kappa shape index (κ1) is 12.1. The van der Waals surface area contributed by atoms with Crippen LogP contribution in [0.1, 0.15) is 20.3 Å². The Morgan fingerprint density at radius 1 is 1.50 bits per heavy atom.